The Kier molecular flexibility index (Phi) is 7.48. The Morgan fingerprint density at radius 3 is 2.52 bits per heavy atom. The minimum Gasteiger partial charge on any atom is -0.384 e. The summed E-state index contributed by atoms with van der Waals surface area (Å²) in [5.74, 6) is 2.45. The van der Waals surface area contributed by atoms with Crippen LogP contribution in [0.5, 0.6) is 0 Å². The van der Waals surface area contributed by atoms with Gasteiger partial charge < -0.3 is 19.1 Å². The normalized spacial score (nSPS) is 21.9. The summed E-state index contributed by atoms with van der Waals surface area (Å²) in [7, 11) is 1.60. The van der Waals surface area contributed by atoms with Crippen molar-refractivity contribution < 1.29 is 27.2 Å². The fourth-order valence-electron chi connectivity index (χ4n) is 4.30. The van der Waals surface area contributed by atoms with Crippen LogP contribution < -0.4 is 0 Å². The number of nitrogens with zero attached hydrogens (tertiary/aromatic N) is 4. The summed E-state index contributed by atoms with van der Waals surface area (Å²) in [5, 5.41) is 4.02. The minimum absolute atomic E-state index is 0.0453. The maximum Gasteiger partial charge on any atom is 0.416 e. The molecule has 2 aliphatic heterocycles. The van der Waals surface area contributed by atoms with Gasteiger partial charge in [-0.25, -0.2) is 4.79 Å². The van der Waals surface area contributed by atoms with Crippen LogP contribution >= 0.6 is 11.8 Å². The van der Waals surface area contributed by atoms with E-state index in [9.17, 15) is 18.0 Å². The Hall–Kier alpha value is -2.27. The molecule has 0 radical (unpaired) electrons. The fraction of sp³-hybridized carbons (Fsp3) is 0.591. The lowest BCUT2D eigenvalue weighted by atomic mass is 9.84. The van der Waals surface area contributed by atoms with E-state index in [1.54, 1.807) is 12.0 Å². The highest BCUT2D eigenvalue weighted by Gasteiger charge is 2.37. The summed E-state index contributed by atoms with van der Waals surface area (Å²) in [5.41, 5.74) is 0.0795. The maximum atomic E-state index is 13.2. The number of hydrogen-bond donors (Lipinski definition) is 0. The van der Waals surface area contributed by atoms with Crippen LogP contribution in [0.4, 0.5) is 18.0 Å². The van der Waals surface area contributed by atoms with Crippen molar-refractivity contribution in [2.45, 2.75) is 30.9 Å². The number of likely N-dealkylation sites (tertiary alicyclic amines) is 1. The Morgan fingerprint density at radius 2 is 1.85 bits per heavy atom. The molecular formula is C22H27F3N4O3S. The van der Waals surface area contributed by atoms with Crippen LogP contribution in [0.15, 0.2) is 28.8 Å². The SMILES string of the molecule is COCCc1noc(C2CC(c3ccc(C(F)(F)F)cc3)CN(C(=O)N3CCSCC3)C2)n1. The molecule has 180 valence electrons. The molecule has 2 unspecified atom stereocenters. The van der Waals surface area contributed by atoms with Crippen LogP contribution in [-0.4, -0.2) is 77.4 Å². The van der Waals surface area contributed by atoms with Crippen molar-refractivity contribution in [1.82, 2.24) is 19.9 Å². The lowest BCUT2D eigenvalue weighted by Gasteiger charge is -2.40. The number of carbonyl (C=O) groups is 1. The molecule has 2 amide bonds. The maximum absolute atomic E-state index is 13.2. The van der Waals surface area contributed by atoms with Gasteiger partial charge in [0.25, 0.3) is 0 Å². The molecule has 2 atom stereocenters. The average molecular weight is 485 g/mol. The number of halogens is 3. The number of urea groups is 1. The average Bonchev–Trinajstić information content (AvgIpc) is 3.31. The van der Waals surface area contributed by atoms with Crippen LogP contribution in [-0.2, 0) is 17.3 Å². The second kappa shape index (κ2) is 10.3. The molecular weight excluding hydrogens is 457 g/mol. The van der Waals surface area contributed by atoms with Gasteiger partial charge in [-0.2, -0.15) is 29.9 Å². The molecule has 2 aromatic rings. The predicted octanol–water partition coefficient (Wildman–Crippen LogP) is 4.02. The van der Waals surface area contributed by atoms with Crippen LogP contribution in [0.1, 0.15) is 41.1 Å². The highest BCUT2D eigenvalue weighted by molar-refractivity contribution is 7.99. The zero-order chi connectivity index (χ0) is 23.4. The second-order valence-corrected chi connectivity index (χ2v) is 9.55. The number of piperidine rings is 1. The topological polar surface area (TPSA) is 71.7 Å². The van der Waals surface area contributed by atoms with Gasteiger partial charge in [0.1, 0.15) is 0 Å². The quantitative estimate of drug-likeness (QED) is 0.639. The van der Waals surface area contributed by atoms with Gasteiger partial charge in [0, 0.05) is 57.1 Å². The molecule has 0 N–H and O–H groups in total. The number of benzene rings is 1. The van der Waals surface area contributed by atoms with E-state index in [2.05, 4.69) is 10.1 Å². The van der Waals surface area contributed by atoms with Crippen LogP contribution in [0, 0.1) is 0 Å². The number of methoxy groups -OCH3 is 1. The molecule has 1 aromatic carbocycles. The Balaban J connectivity index is 1.56. The minimum atomic E-state index is -4.38. The molecule has 0 aliphatic carbocycles. The summed E-state index contributed by atoms with van der Waals surface area (Å²) >= 11 is 1.82. The molecule has 0 saturated carbocycles. The largest absolute Gasteiger partial charge is 0.416 e. The predicted molar refractivity (Wildman–Crippen MR) is 117 cm³/mol. The Bertz CT molecular complexity index is 932. The zero-order valence-corrected chi connectivity index (χ0v) is 19.2. The van der Waals surface area contributed by atoms with Gasteiger partial charge in [-0.3, -0.25) is 0 Å². The number of alkyl halides is 3. The number of ether oxygens (including phenoxy) is 1. The van der Waals surface area contributed by atoms with Gasteiger partial charge in [0.15, 0.2) is 5.82 Å². The summed E-state index contributed by atoms with van der Waals surface area (Å²) < 4.78 is 49.6. The molecule has 7 nitrogen and oxygen atoms in total. The van der Waals surface area contributed by atoms with Crippen molar-refractivity contribution in [3.8, 4) is 0 Å². The van der Waals surface area contributed by atoms with Crippen molar-refractivity contribution in [2.75, 3.05) is 51.4 Å². The van der Waals surface area contributed by atoms with Crippen LogP contribution in [0.3, 0.4) is 0 Å². The van der Waals surface area contributed by atoms with E-state index in [4.69, 9.17) is 9.26 Å². The first kappa shape index (κ1) is 23.9. The van der Waals surface area contributed by atoms with Crippen molar-refractivity contribution in [1.29, 1.82) is 0 Å². The highest BCUT2D eigenvalue weighted by atomic mass is 32.2. The third kappa shape index (κ3) is 5.81. The lowest BCUT2D eigenvalue weighted by Crippen LogP contribution is -2.51. The molecule has 33 heavy (non-hydrogen) atoms. The molecule has 11 heteroatoms. The van der Waals surface area contributed by atoms with E-state index < -0.39 is 11.7 Å². The molecule has 3 heterocycles. The van der Waals surface area contributed by atoms with Crippen LogP contribution in [0.2, 0.25) is 0 Å². The smallest absolute Gasteiger partial charge is 0.384 e. The van der Waals surface area contributed by atoms with Crippen molar-refractivity contribution in [3.63, 3.8) is 0 Å². The van der Waals surface area contributed by atoms with Gasteiger partial charge in [-0.1, -0.05) is 17.3 Å². The van der Waals surface area contributed by atoms with Gasteiger partial charge in [-0.15, -0.1) is 0 Å². The molecule has 0 spiro atoms. The number of rotatable bonds is 5. The molecule has 2 saturated heterocycles. The molecule has 2 aliphatic rings. The van der Waals surface area contributed by atoms with E-state index in [0.717, 1.165) is 29.2 Å². The Morgan fingerprint density at radius 1 is 1.15 bits per heavy atom. The van der Waals surface area contributed by atoms with Gasteiger partial charge in [0.2, 0.25) is 5.89 Å². The van der Waals surface area contributed by atoms with Gasteiger partial charge in [-0.05, 0) is 24.1 Å². The zero-order valence-electron chi connectivity index (χ0n) is 18.4. The Labute approximate surface area is 194 Å². The van der Waals surface area contributed by atoms with E-state index in [1.807, 2.05) is 16.7 Å². The van der Waals surface area contributed by atoms with Crippen molar-refractivity contribution in [2.24, 2.45) is 0 Å². The number of amides is 2. The van der Waals surface area contributed by atoms with Gasteiger partial charge in [0.05, 0.1) is 18.1 Å². The number of aromatic nitrogens is 2. The summed E-state index contributed by atoms with van der Waals surface area (Å²) in [6, 6.07) is 5.17. The second-order valence-electron chi connectivity index (χ2n) is 8.33. The van der Waals surface area contributed by atoms with Crippen molar-refractivity contribution >= 4 is 17.8 Å². The first-order valence-electron chi connectivity index (χ1n) is 11.0. The molecule has 4 rings (SSSR count). The number of hydrogen-bond acceptors (Lipinski definition) is 6. The standard InChI is InChI=1S/C22H27F3N4O3S/c1-31-9-6-19-26-20(32-27-19)17-12-16(15-2-4-18(5-3-15)22(23,24)25)13-29(14-17)21(30)28-7-10-33-11-8-28/h2-5,16-17H,6-14H2,1H3. The molecule has 0 bridgehead atoms. The first-order valence-corrected chi connectivity index (χ1v) is 12.1. The third-order valence-corrected chi connectivity index (χ3v) is 7.02. The van der Waals surface area contributed by atoms with Crippen LogP contribution in [0.25, 0.3) is 0 Å². The molecule has 2 fully saturated rings. The van der Waals surface area contributed by atoms with E-state index in [1.165, 1.54) is 12.1 Å². The van der Waals surface area contributed by atoms with Crippen molar-refractivity contribution in [3.05, 3.63) is 47.1 Å². The summed E-state index contributed by atoms with van der Waals surface area (Å²) in [6.45, 7) is 2.73. The monoisotopic (exact) mass is 484 g/mol. The van der Waals surface area contributed by atoms with E-state index in [0.29, 0.717) is 57.3 Å². The molecule has 1 aromatic heterocycles. The van der Waals surface area contributed by atoms with E-state index >= 15 is 0 Å². The van der Waals surface area contributed by atoms with E-state index in [-0.39, 0.29) is 17.9 Å². The number of thioether (sulfide) groups is 1. The fourth-order valence-corrected chi connectivity index (χ4v) is 5.21. The highest BCUT2D eigenvalue weighted by Crippen LogP contribution is 2.37. The first-order chi connectivity index (χ1) is 15.8. The third-order valence-electron chi connectivity index (χ3n) is 6.07. The number of carbonyl (C=O) groups excluding carboxylic acids is 1. The van der Waals surface area contributed by atoms with Gasteiger partial charge >= 0.3 is 12.2 Å². The summed E-state index contributed by atoms with van der Waals surface area (Å²) in [6.07, 6.45) is -3.26. The summed E-state index contributed by atoms with van der Waals surface area (Å²) in [4.78, 5) is 21.4. The lowest BCUT2D eigenvalue weighted by molar-refractivity contribution is -0.137.